The summed E-state index contributed by atoms with van der Waals surface area (Å²) < 4.78 is 5.88. The van der Waals surface area contributed by atoms with Gasteiger partial charge in [-0.05, 0) is 68.1 Å². The van der Waals surface area contributed by atoms with Gasteiger partial charge in [0.2, 0.25) is 0 Å². The monoisotopic (exact) mass is 332 g/mol. The van der Waals surface area contributed by atoms with Crippen LogP contribution in [0.2, 0.25) is 0 Å². The minimum Gasteiger partial charge on any atom is -0.493 e. The molecule has 3 rings (SSSR count). The van der Waals surface area contributed by atoms with Crippen molar-refractivity contribution < 1.29 is 19.5 Å². The molecule has 130 valence electrons. The van der Waals surface area contributed by atoms with Gasteiger partial charge >= 0.3 is 5.97 Å². The predicted molar refractivity (Wildman–Crippen MR) is 90.4 cm³/mol. The molecule has 0 saturated carbocycles. The molecule has 1 aromatic rings. The number of nitrogens with zero attached hydrogens (tertiary/aromatic N) is 1. The second-order valence-corrected chi connectivity index (χ2v) is 6.43. The number of carbonyl (C=O) groups is 1. The Kier molecular flexibility index (Phi) is 5.69. The first kappa shape index (κ1) is 16.8. The van der Waals surface area contributed by atoms with Gasteiger partial charge in [0.05, 0.1) is 12.3 Å². The third kappa shape index (κ3) is 4.71. The smallest absolute Gasteiger partial charge is 0.303 e. The molecule has 2 heterocycles. The quantitative estimate of drug-likeness (QED) is 0.801. The van der Waals surface area contributed by atoms with E-state index in [0.29, 0.717) is 18.8 Å². The van der Waals surface area contributed by atoms with E-state index in [1.54, 1.807) is 0 Å². The number of piperidine rings is 1. The van der Waals surface area contributed by atoms with Crippen LogP contribution in [0.15, 0.2) is 29.4 Å². The lowest BCUT2D eigenvalue weighted by Crippen LogP contribution is -2.30. The van der Waals surface area contributed by atoms with Crippen molar-refractivity contribution in [3.8, 4) is 5.75 Å². The van der Waals surface area contributed by atoms with Crippen LogP contribution in [0.5, 0.6) is 5.75 Å². The number of oxime groups is 1. The fraction of sp³-hybridized carbons (Fsp3) is 0.556. The number of carboxylic acid groups (broad SMARTS) is 1. The minimum atomic E-state index is -0.803. The van der Waals surface area contributed by atoms with Gasteiger partial charge in [0.25, 0.3) is 0 Å². The maximum Gasteiger partial charge on any atom is 0.303 e. The highest BCUT2D eigenvalue weighted by Crippen LogP contribution is 2.22. The number of carboxylic acids is 1. The third-order valence-corrected chi connectivity index (χ3v) is 4.55. The molecule has 0 aliphatic carbocycles. The van der Waals surface area contributed by atoms with Crippen LogP contribution in [0, 0.1) is 5.92 Å². The maximum atomic E-state index is 10.6. The Bertz CT molecular complexity index is 579. The van der Waals surface area contributed by atoms with Crippen LogP contribution in [0.3, 0.4) is 0 Å². The molecule has 0 amide bonds. The van der Waals surface area contributed by atoms with Gasteiger partial charge in [-0.3, -0.25) is 4.79 Å². The average Bonchev–Trinajstić information content (AvgIpc) is 3.08. The Morgan fingerprint density at radius 3 is 2.75 bits per heavy atom. The summed E-state index contributed by atoms with van der Waals surface area (Å²) in [6, 6.07) is 7.89. The van der Waals surface area contributed by atoms with E-state index < -0.39 is 5.97 Å². The molecule has 1 aromatic carbocycles. The normalized spacial score (nSPS) is 21.2. The van der Waals surface area contributed by atoms with Crippen molar-refractivity contribution in [3.63, 3.8) is 0 Å². The van der Waals surface area contributed by atoms with Gasteiger partial charge in [0.1, 0.15) is 11.9 Å². The van der Waals surface area contributed by atoms with Crippen LogP contribution in [-0.2, 0) is 9.63 Å². The van der Waals surface area contributed by atoms with E-state index in [-0.39, 0.29) is 12.5 Å². The van der Waals surface area contributed by atoms with Crippen molar-refractivity contribution in [2.75, 3.05) is 19.7 Å². The van der Waals surface area contributed by atoms with E-state index in [4.69, 9.17) is 14.7 Å². The van der Waals surface area contributed by atoms with Crippen molar-refractivity contribution in [2.24, 2.45) is 11.1 Å². The van der Waals surface area contributed by atoms with E-state index in [2.05, 4.69) is 10.5 Å². The van der Waals surface area contributed by atoms with E-state index in [1.807, 2.05) is 24.3 Å². The largest absolute Gasteiger partial charge is 0.493 e. The van der Waals surface area contributed by atoms with Gasteiger partial charge in [0, 0.05) is 12.8 Å². The minimum absolute atomic E-state index is 0.108. The molecular formula is C18H24N2O4. The molecular weight excluding hydrogens is 308 g/mol. The second kappa shape index (κ2) is 8.15. The van der Waals surface area contributed by atoms with Gasteiger partial charge in [-0.1, -0.05) is 5.16 Å². The summed E-state index contributed by atoms with van der Waals surface area (Å²) in [5.41, 5.74) is 1.87. The van der Waals surface area contributed by atoms with Crippen LogP contribution >= 0.6 is 0 Å². The number of rotatable bonds is 7. The summed E-state index contributed by atoms with van der Waals surface area (Å²) >= 11 is 0. The average molecular weight is 332 g/mol. The molecule has 1 saturated heterocycles. The SMILES string of the molecule is O=C(O)CCC1CC(c2ccc(OCC3CCNCC3)cc2)=NO1. The van der Waals surface area contributed by atoms with Crippen molar-refractivity contribution >= 4 is 11.7 Å². The van der Waals surface area contributed by atoms with Crippen LogP contribution < -0.4 is 10.1 Å². The summed E-state index contributed by atoms with van der Waals surface area (Å²) in [6.07, 6.45) is 3.46. The number of ether oxygens (including phenoxy) is 1. The topological polar surface area (TPSA) is 80.2 Å². The first-order chi connectivity index (χ1) is 11.7. The highest BCUT2D eigenvalue weighted by atomic mass is 16.6. The maximum absolute atomic E-state index is 10.6. The lowest BCUT2D eigenvalue weighted by molar-refractivity contribution is -0.137. The molecule has 1 atom stereocenters. The van der Waals surface area contributed by atoms with Gasteiger partial charge in [-0.25, -0.2) is 0 Å². The van der Waals surface area contributed by atoms with Crippen LogP contribution in [-0.4, -0.2) is 42.6 Å². The zero-order valence-corrected chi connectivity index (χ0v) is 13.7. The molecule has 6 heteroatoms. The second-order valence-electron chi connectivity index (χ2n) is 6.43. The van der Waals surface area contributed by atoms with E-state index in [9.17, 15) is 4.79 Å². The number of aliphatic carboxylic acids is 1. The molecule has 0 bridgehead atoms. The Morgan fingerprint density at radius 1 is 1.29 bits per heavy atom. The van der Waals surface area contributed by atoms with E-state index >= 15 is 0 Å². The lowest BCUT2D eigenvalue weighted by atomic mass is 9.99. The van der Waals surface area contributed by atoms with Crippen molar-refractivity contribution in [1.29, 1.82) is 0 Å². The Balaban J connectivity index is 1.47. The third-order valence-electron chi connectivity index (χ3n) is 4.55. The molecule has 24 heavy (non-hydrogen) atoms. The Labute approximate surface area is 141 Å². The van der Waals surface area contributed by atoms with Crippen LogP contribution in [0.25, 0.3) is 0 Å². The van der Waals surface area contributed by atoms with Crippen molar-refractivity contribution in [3.05, 3.63) is 29.8 Å². The van der Waals surface area contributed by atoms with Crippen molar-refractivity contribution in [2.45, 2.75) is 38.2 Å². The highest BCUT2D eigenvalue weighted by Gasteiger charge is 2.22. The Morgan fingerprint density at radius 2 is 2.04 bits per heavy atom. The molecule has 6 nitrogen and oxygen atoms in total. The zero-order valence-electron chi connectivity index (χ0n) is 13.7. The molecule has 2 N–H and O–H groups in total. The number of nitrogens with one attached hydrogen (secondary N) is 1. The van der Waals surface area contributed by atoms with Gasteiger partial charge in [-0.15, -0.1) is 0 Å². The molecule has 2 aliphatic heterocycles. The number of hydrogen-bond acceptors (Lipinski definition) is 5. The fourth-order valence-electron chi connectivity index (χ4n) is 3.04. The zero-order chi connectivity index (χ0) is 16.8. The van der Waals surface area contributed by atoms with Gasteiger partial charge < -0.3 is 20.0 Å². The summed E-state index contributed by atoms with van der Waals surface area (Å²) in [7, 11) is 0. The molecule has 1 unspecified atom stereocenters. The first-order valence-corrected chi connectivity index (χ1v) is 8.59. The standard InChI is InChI=1S/C18H24N2O4/c21-18(22)6-5-16-11-17(20-24-16)14-1-3-15(4-2-14)23-12-13-7-9-19-10-8-13/h1-4,13,16,19H,5-12H2,(H,21,22). The molecule has 0 aromatic heterocycles. The van der Waals surface area contributed by atoms with Crippen LogP contribution in [0.1, 0.15) is 37.7 Å². The fourth-order valence-corrected chi connectivity index (χ4v) is 3.04. The first-order valence-electron chi connectivity index (χ1n) is 8.59. The van der Waals surface area contributed by atoms with Crippen LogP contribution in [0.4, 0.5) is 0 Å². The highest BCUT2D eigenvalue weighted by molar-refractivity contribution is 6.01. The van der Waals surface area contributed by atoms with Gasteiger partial charge in [-0.2, -0.15) is 0 Å². The number of hydrogen-bond donors (Lipinski definition) is 2. The predicted octanol–water partition coefficient (Wildman–Crippen LogP) is 2.42. The summed E-state index contributed by atoms with van der Waals surface area (Å²) in [4.78, 5) is 15.9. The van der Waals surface area contributed by atoms with Gasteiger partial charge in [0.15, 0.2) is 0 Å². The Hall–Kier alpha value is -2.08. The summed E-state index contributed by atoms with van der Waals surface area (Å²) in [5.74, 6) is 0.704. The van der Waals surface area contributed by atoms with E-state index in [1.165, 1.54) is 12.8 Å². The lowest BCUT2D eigenvalue weighted by Gasteiger charge is -2.22. The number of benzene rings is 1. The summed E-state index contributed by atoms with van der Waals surface area (Å²) in [6.45, 7) is 2.92. The summed E-state index contributed by atoms with van der Waals surface area (Å²) in [5, 5.41) is 16.2. The molecule has 2 aliphatic rings. The van der Waals surface area contributed by atoms with Crippen molar-refractivity contribution in [1.82, 2.24) is 5.32 Å². The van der Waals surface area contributed by atoms with E-state index in [0.717, 1.165) is 36.7 Å². The molecule has 1 fully saturated rings. The molecule has 0 radical (unpaired) electrons. The molecule has 0 spiro atoms.